The third-order valence-electron chi connectivity index (χ3n) is 2.93. The Morgan fingerprint density at radius 1 is 1.33 bits per heavy atom. The van der Waals surface area contributed by atoms with Crippen molar-refractivity contribution in [2.45, 2.75) is 31.7 Å². The molecule has 0 aromatic carbocycles. The standard InChI is InChI=1S/C15H24N2O3S/c1-5-8-16-12-14-11-15(13(4)20-14)21(18,19)17(9-6-2)10-7-3/h6-7,11,16H,2-3,5,8-10,12H2,1,4H3. The normalized spacial score (nSPS) is 11.8. The van der Waals surface area contributed by atoms with Crippen LogP contribution in [0.1, 0.15) is 24.9 Å². The maximum Gasteiger partial charge on any atom is 0.247 e. The first-order valence-electron chi connectivity index (χ1n) is 6.99. The minimum absolute atomic E-state index is 0.208. The minimum Gasteiger partial charge on any atom is -0.464 e. The van der Waals surface area contributed by atoms with E-state index in [-0.39, 0.29) is 18.0 Å². The van der Waals surface area contributed by atoms with Crippen LogP contribution in [-0.2, 0) is 16.6 Å². The first kappa shape index (κ1) is 17.7. The lowest BCUT2D eigenvalue weighted by Crippen LogP contribution is -2.31. The Morgan fingerprint density at radius 3 is 2.48 bits per heavy atom. The summed E-state index contributed by atoms with van der Waals surface area (Å²) in [5, 5.41) is 3.19. The number of sulfonamides is 1. The van der Waals surface area contributed by atoms with Crippen molar-refractivity contribution in [3.05, 3.63) is 42.9 Å². The second-order valence-electron chi connectivity index (χ2n) is 4.71. The zero-order valence-electron chi connectivity index (χ0n) is 12.8. The fourth-order valence-electron chi connectivity index (χ4n) is 1.95. The maximum atomic E-state index is 12.6. The largest absolute Gasteiger partial charge is 0.464 e. The molecule has 1 rings (SSSR count). The highest BCUT2D eigenvalue weighted by Crippen LogP contribution is 2.23. The summed E-state index contributed by atoms with van der Waals surface area (Å²) >= 11 is 0. The molecule has 5 nitrogen and oxygen atoms in total. The van der Waals surface area contributed by atoms with Crippen molar-refractivity contribution < 1.29 is 12.8 Å². The molecule has 0 aliphatic carbocycles. The van der Waals surface area contributed by atoms with Gasteiger partial charge in [-0.05, 0) is 19.9 Å². The van der Waals surface area contributed by atoms with E-state index in [1.807, 2.05) is 0 Å². The Balaban J connectivity index is 3.01. The van der Waals surface area contributed by atoms with Crippen molar-refractivity contribution in [1.82, 2.24) is 9.62 Å². The quantitative estimate of drug-likeness (QED) is 0.532. The average molecular weight is 312 g/mol. The molecule has 0 spiro atoms. The summed E-state index contributed by atoms with van der Waals surface area (Å²) in [6.07, 6.45) is 4.12. The number of rotatable bonds is 10. The van der Waals surface area contributed by atoms with E-state index in [0.29, 0.717) is 18.1 Å². The van der Waals surface area contributed by atoms with Gasteiger partial charge in [-0.1, -0.05) is 19.1 Å². The number of nitrogens with zero attached hydrogens (tertiary/aromatic N) is 1. The molecule has 1 aromatic rings. The highest BCUT2D eigenvalue weighted by molar-refractivity contribution is 7.89. The van der Waals surface area contributed by atoms with Crippen LogP contribution in [0.5, 0.6) is 0 Å². The van der Waals surface area contributed by atoms with Crippen LogP contribution in [0.2, 0.25) is 0 Å². The predicted octanol–water partition coefficient (Wildman–Crippen LogP) is 2.45. The van der Waals surface area contributed by atoms with Crippen LogP contribution in [0.15, 0.2) is 40.7 Å². The molecule has 0 saturated carbocycles. The molecule has 6 heteroatoms. The summed E-state index contributed by atoms with van der Waals surface area (Å²) in [7, 11) is -3.60. The zero-order chi connectivity index (χ0) is 15.9. The molecule has 0 aliphatic heterocycles. The fraction of sp³-hybridized carbons (Fsp3) is 0.467. The first-order chi connectivity index (χ1) is 9.97. The van der Waals surface area contributed by atoms with E-state index in [4.69, 9.17) is 4.42 Å². The third kappa shape index (κ3) is 4.56. The van der Waals surface area contributed by atoms with Crippen molar-refractivity contribution in [2.75, 3.05) is 19.6 Å². The van der Waals surface area contributed by atoms with Crippen molar-refractivity contribution in [2.24, 2.45) is 0 Å². The van der Waals surface area contributed by atoms with Crippen LogP contribution in [0.25, 0.3) is 0 Å². The average Bonchev–Trinajstić information content (AvgIpc) is 2.81. The van der Waals surface area contributed by atoms with E-state index in [2.05, 4.69) is 25.4 Å². The van der Waals surface area contributed by atoms with Gasteiger partial charge in [0, 0.05) is 19.2 Å². The van der Waals surface area contributed by atoms with Crippen molar-refractivity contribution in [3.8, 4) is 0 Å². The predicted molar refractivity (Wildman–Crippen MR) is 84.6 cm³/mol. The van der Waals surface area contributed by atoms with Crippen LogP contribution in [0.4, 0.5) is 0 Å². The van der Waals surface area contributed by atoms with Gasteiger partial charge in [-0.2, -0.15) is 4.31 Å². The third-order valence-corrected chi connectivity index (χ3v) is 4.87. The Morgan fingerprint density at radius 2 is 1.95 bits per heavy atom. The van der Waals surface area contributed by atoms with Crippen LogP contribution in [0, 0.1) is 6.92 Å². The lowest BCUT2D eigenvalue weighted by molar-refractivity contribution is 0.450. The van der Waals surface area contributed by atoms with Gasteiger partial charge in [-0.15, -0.1) is 13.2 Å². The Hall–Kier alpha value is -1.37. The van der Waals surface area contributed by atoms with E-state index < -0.39 is 10.0 Å². The summed E-state index contributed by atoms with van der Waals surface area (Å²) in [6.45, 7) is 12.8. The van der Waals surface area contributed by atoms with Gasteiger partial charge in [0.15, 0.2) is 0 Å². The molecule has 0 unspecified atom stereocenters. The molecule has 0 radical (unpaired) electrons. The van der Waals surface area contributed by atoms with E-state index >= 15 is 0 Å². The second-order valence-corrected chi connectivity index (χ2v) is 6.62. The van der Waals surface area contributed by atoms with Gasteiger partial charge in [-0.25, -0.2) is 8.42 Å². The molecule has 0 aliphatic rings. The van der Waals surface area contributed by atoms with Crippen molar-refractivity contribution >= 4 is 10.0 Å². The monoisotopic (exact) mass is 312 g/mol. The zero-order valence-corrected chi connectivity index (χ0v) is 13.6. The highest BCUT2D eigenvalue weighted by atomic mass is 32.2. The lowest BCUT2D eigenvalue weighted by Gasteiger charge is -2.18. The minimum atomic E-state index is -3.60. The van der Waals surface area contributed by atoms with Gasteiger partial charge in [0.2, 0.25) is 10.0 Å². The molecular formula is C15H24N2O3S. The van der Waals surface area contributed by atoms with E-state index in [1.165, 1.54) is 4.31 Å². The molecule has 0 fully saturated rings. The molecule has 1 aromatic heterocycles. The van der Waals surface area contributed by atoms with Crippen LogP contribution >= 0.6 is 0 Å². The Kier molecular flexibility index (Phi) is 6.87. The summed E-state index contributed by atoms with van der Waals surface area (Å²) in [4.78, 5) is 0.208. The molecule has 21 heavy (non-hydrogen) atoms. The van der Waals surface area contributed by atoms with Gasteiger partial charge >= 0.3 is 0 Å². The van der Waals surface area contributed by atoms with Crippen molar-refractivity contribution in [3.63, 3.8) is 0 Å². The van der Waals surface area contributed by atoms with E-state index in [9.17, 15) is 8.42 Å². The number of furan rings is 1. The number of nitrogens with one attached hydrogen (secondary N) is 1. The van der Waals surface area contributed by atoms with Gasteiger partial charge in [0.05, 0.1) is 6.54 Å². The SMILES string of the molecule is C=CCN(CC=C)S(=O)(=O)c1cc(CNCCC)oc1C. The second kappa shape index (κ2) is 8.17. The van der Waals surface area contributed by atoms with Gasteiger partial charge in [-0.3, -0.25) is 0 Å². The van der Waals surface area contributed by atoms with Crippen LogP contribution in [-0.4, -0.2) is 32.4 Å². The van der Waals surface area contributed by atoms with Crippen molar-refractivity contribution in [1.29, 1.82) is 0 Å². The number of hydrogen-bond donors (Lipinski definition) is 1. The van der Waals surface area contributed by atoms with Gasteiger partial charge in [0.25, 0.3) is 0 Å². The van der Waals surface area contributed by atoms with Gasteiger partial charge in [0.1, 0.15) is 16.4 Å². The van der Waals surface area contributed by atoms with E-state index in [1.54, 1.807) is 25.1 Å². The topological polar surface area (TPSA) is 62.6 Å². The maximum absolute atomic E-state index is 12.6. The molecule has 0 saturated heterocycles. The number of aryl methyl sites for hydroxylation is 1. The molecule has 0 amide bonds. The Bertz CT molecular complexity index is 566. The molecule has 1 N–H and O–H groups in total. The molecule has 0 atom stereocenters. The van der Waals surface area contributed by atoms with E-state index in [0.717, 1.165) is 13.0 Å². The van der Waals surface area contributed by atoms with Gasteiger partial charge < -0.3 is 9.73 Å². The molecule has 118 valence electrons. The molecule has 1 heterocycles. The Labute approximate surface area is 127 Å². The first-order valence-corrected chi connectivity index (χ1v) is 8.43. The fourth-order valence-corrected chi connectivity index (χ4v) is 3.52. The molecular weight excluding hydrogens is 288 g/mol. The summed E-state index contributed by atoms with van der Waals surface area (Å²) in [6, 6.07) is 1.59. The van der Waals surface area contributed by atoms with Crippen LogP contribution < -0.4 is 5.32 Å². The lowest BCUT2D eigenvalue weighted by atomic mass is 10.4. The van der Waals surface area contributed by atoms with Crippen LogP contribution in [0.3, 0.4) is 0 Å². The summed E-state index contributed by atoms with van der Waals surface area (Å²) < 4.78 is 32.1. The summed E-state index contributed by atoms with van der Waals surface area (Å²) in [5.41, 5.74) is 0. The molecule has 0 bridgehead atoms. The summed E-state index contributed by atoms with van der Waals surface area (Å²) in [5.74, 6) is 1.03. The smallest absolute Gasteiger partial charge is 0.247 e. The number of hydrogen-bond acceptors (Lipinski definition) is 4. The highest BCUT2D eigenvalue weighted by Gasteiger charge is 2.27.